The molecule has 0 unspecified atom stereocenters. The molecule has 1 rings (SSSR count). The van der Waals surface area contributed by atoms with Crippen molar-refractivity contribution >= 4 is 15.9 Å². The van der Waals surface area contributed by atoms with Gasteiger partial charge in [0.15, 0.2) is 0 Å². The van der Waals surface area contributed by atoms with E-state index in [2.05, 4.69) is 10.0 Å². The molecule has 0 aromatic carbocycles. The van der Waals surface area contributed by atoms with Crippen LogP contribution in [0.1, 0.15) is 33.1 Å². The number of amides is 1. The van der Waals surface area contributed by atoms with Crippen LogP contribution in [0, 0.1) is 0 Å². The summed E-state index contributed by atoms with van der Waals surface area (Å²) in [4.78, 5) is 11.6. The lowest BCUT2D eigenvalue weighted by Gasteiger charge is -2.22. The van der Waals surface area contributed by atoms with Gasteiger partial charge >= 0.3 is 0 Å². The molecule has 0 aromatic heterocycles. The summed E-state index contributed by atoms with van der Waals surface area (Å²) >= 11 is 0. The highest BCUT2D eigenvalue weighted by molar-refractivity contribution is 7.90. The Labute approximate surface area is 90.7 Å². The van der Waals surface area contributed by atoms with Gasteiger partial charge < -0.3 is 5.32 Å². The van der Waals surface area contributed by atoms with Crippen LogP contribution in [0.5, 0.6) is 0 Å². The van der Waals surface area contributed by atoms with Crippen molar-refractivity contribution in [2.75, 3.05) is 6.54 Å². The number of hydrogen-bond acceptors (Lipinski definition) is 4. The summed E-state index contributed by atoms with van der Waals surface area (Å²) in [6.45, 7) is 3.87. The van der Waals surface area contributed by atoms with E-state index in [1.54, 1.807) is 13.8 Å². The van der Waals surface area contributed by atoms with Gasteiger partial charge in [0.1, 0.15) is 0 Å². The lowest BCUT2D eigenvalue weighted by atomic mass is 10.1. The first-order valence-electron chi connectivity index (χ1n) is 5.22. The summed E-state index contributed by atoms with van der Waals surface area (Å²) in [5.41, 5.74) is 0. The van der Waals surface area contributed by atoms with Crippen molar-refractivity contribution in [3.8, 4) is 0 Å². The molecule has 1 fully saturated rings. The monoisotopic (exact) mass is 234 g/mol. The molecule has 1 aliphatic rings. The van der Waals surface area contributed by atoms with Crippen LogP contribution in [0.3, 0.4) is 0 Å². The topological polar surface area (TPSA) is 75.3 Å². The first kappa shape index (κ1) is 12.4. The van der Waals surface area contributed by atoms with E-state index in [9.17, 15) is 13.2 Å². The van der Waals surface area contributed by atoms with Gasteiger partial charge in [0.2, 0.25) is 10.0 Å². The summed E-state index contributed by atoms with van der Waals surface area (Å²) < 4.78 is 24.9. The second-order valence-corrected chi connectivity index (χ2v) is 6.30. The van der Waals surface area contributed by atoms with E-state index in [0.717, 1.165) is 19.4 Å². The molecule has 0 radical (unpaired) electrons. The SMILES string of the molecule is CC(C)S(=O)(=O)NC(=O)[C@@H]1CCCCN1. The van der Waals surface area contributed by atoms with Crippen LogP contribution in [-0.2, 0) is 14.8 Å². The molecular weight excluding hydrogens is 216 g/mol. The molecule has 0 aliphatic carbocycles. The Morgan fingerprint density at radius 1 is 1.40 bits per heavy atom. The number of carbonyl (C=O) groups is 1. The van der Waals surface area contributed by atoms with Crippen molar-refractivity contribution in [1.29, 1.82) is 0 Å². The van der Waals surface area contributed by atoms with Crippen molar-refractivity contribution in [3.63, 3.8) is 0 Å². The third kappa shape index (κ3) is 3.46. The van der Waals surface area contributed by atoms with Crippen LogP contribution in [0.4, 0.5) is 0 Å². The second-order valence-electron chi connectivity index (χ2n) is 4.06. The highest BCUT2D eigenvalue weighted by atomic mass is 32.2. The number of nitrogens with one attached hydrogen (secondary N) is 2. The minimum absolute atomic E-state index is 0.354. The zero-order valence-corrected chi connectivity index (χ0v) is 9.93. The molecule has 6 heteroatoms. The predicted molar refractivity (Wildman–Crippen MR) is 57.8 cm³/mol. The maximum Gasteiger partial charge on any atom is 0.250 e. The maximum atomic E-state index is 11.6. The number of piperidine rings is 1. The first-order valence-corrected chi connectivity index (χ1v) is 6.77. The molecule has 1 aliphatic heterocycles. The van der Waals surface area contributed by atoms with E-state index in [4.69, 9.17) is 0 Å². The highest BCUT2D eigenvalue weighted by Crippen LogP contribution is 2.07. The van der Waals surface area contributed by atoms with E-state index >= 15 is 0 Å². The van der Waals surface area contributed by atoms with Gasteiger partial charge in [0.05, 0.1) is 11.3 Å². The Hall–Kier alpha value is -0.620. The molecule has 0 bridgehead atoms. The summed E-state index contributed by atoms with van der Waals surface area (Å²) in [7, 11) is -3.49. The summed E-state index contributed by atoms with van der Waals surface area (Å²) in [5.74, 6) is -0.427. The number of rotatable bonds is 3. The van der Waals surface area contributed by atoms with Crippen LogP contribution in [0.2, 0.25) is 0 Å². The Balaban J connectivity index is 2.55. The minimum atomic E-state index is -3.49. The number of hydrogen-bond donors (Lipinski definition) is 2. The van der Waals surface area contributed by atoms with Crippen molar-refractivity contribution in [2.45, 2.75) is 44.4 Å². The normalized spacial score (nSPS) is 22.7. The molecule has 5 nitrogen and oxygen atoms in total. The highest BCUT2D eigenvalue weighted by Gasteiger charge is 2.26. The van der Waals surface area contributed by atoms with Crippen molar-refractivity contribution in [3.05, 3.63) is 0 Å². The average Bonchev–Trinajstić information content (AvgIpc) is 2.18. The van der Waals surface area contributed by atoms with Gasteiger partial charge in [0, 0.05) is 0 Å². The van der Waals surface area contributed by atoms with Crippen LogP contribution in [-0.4, -0.2) is 32.2 Å². The third-order valence-corrected chi connectivity index (χ3v) is 4.22. The van der Waals surface area contributed by atoms with Gasteiger partial charge in [-0.05, 0) is 33.2 Å². The Morgan fingerprint density at radius 2 is 2.07 bits per heavy atom. The number of sulfonamides is 1. The smallest absolute Gasteiger partial charge is 0.250 e. The van der Waals surface area contributed by atoms with Crippen LogP contribution < -0.4 is 10.0 Å². The molecule has 15 heavy (non-hydrogen) atoms. The molecule has 1 saturated heterocycles. The second kappa shape index (κ2) is 4.94. The van der Waals surface area contributed by atoms with Crippen LogP contribution in [0.25, 0.3) is 0 Å². The fourth-order valence-corrected chi connectivity index (χ4v) is 2.06. The van der Waals surface area contributed by atoms with Crippen molar-refractivity contribution in [2.24, 2.45) is 0 Å². The van der Waals surface area contributed by atoms with Gasteiger partial charge in [-0.3, -0.25) is 9.52 Å². The van der Waals surface area contributed by atoms with Gasteiger partial charge in [-0.25, -0.2) is 8.42 Å². The Kier molecular flexibility index (Phi) is 4.10. The lowest BCUT2D eigenvalue weighted by molar-refractivity contribution is -0.121. The largest absolute Gasteiger partial charge is 0.306 e. The third-order valence-electron chi connectivity index (χ3n) is 2.49. The summed E-state index contributed by atoms with van der Waals surface area (Å²) in [6, 6.07) is -0.354. The zero-order valence-electron chi connectivity index (χ0n) is 9.12. The van der Waals surface area contributed by atoms with Crippen LogP contribution >= 0.6 is 0 Å². The van der Waals surface area contributed by atoms with Gasteiger partial charge in [-0.1, -0.05) is 6.42 Å². The van der Waals surface area contributed by atoms with Crippen molar-refractivity contribution < 1.29 is 13.2 Å². The average molecular weight is 234 g/mol. The van der Waals surface area contributed by atoms with E-state index in [1.165, 1.54) is 0 Å². The van der Waals surface area contributed by atoms with Gasteiger partial charge in [-0.2, -0.15) is 0 Å². The minimum Gasteiger partial charge on any atom is -0.306 e. The summed E-state index contributed by atoms with van der Waals surface area (Å²) in [6.07, 6.45) is 2.72. The fraction of sp³-hybridized carbons (Fsp3) is 0.889. The molecule has 0 spiro atoms. The van der Waals surface area contributed by atoms with Gasteiger partial charge in [-0.15, -0.1) is 0 Å². The van der Waals surface area contributed by atoms with Gasteiger partial charge in [0.25, 0.3) is 5.91 Å². The zero-order chi connectivity index (χ0) is 11.5. The number of carbonyl (C=O) groups excluding carboxylic acids is 1. The van der Waals surface area contributed by atoms with Crippen molar-refractivity contribution in [1.82, 2.24) is 10.0 Å². The molecule has 1 amide bonds. The van der Waals surface area contributed by atoms with E-state index in [-0.39, 0.29) is 6.04 Å². The molecular formula is C9H18N2O3S. The first-order chi connectivity index (χ1) is 6.93. The lowest BCUT2D eigenvalue weighted by Crippen LogP contribution is -2.49. The molecule has 0 saturated carbocycles. The molecule has 2 N–H and O–H groups in total. The Bertz CT molecular complexity index is 318. The maximum absolute atomic E-state index is 11.6. The quantitative estimate of drug-likeness (QED) is 0.720. The molecule has 88 valence electrons. The van der Waals surface area contributed by atoms with Crippen LogP contribution in [0.15, 0.2) is 0 Å². The molecule has 1 heterocycles. The predicted octanol–water partition coefficient (Wildman–Crippen LogP) is -0.0171. The molecule has 0 aromatic rings. The van der Waals surface area contributed by atoms with E-state index in [1.807, 2.05) is 0 Å². The fourth-order valence-electron chi connectivity index (χ4n) is 1.40. The van der Waals surface area contributed by atoms with E-state index < -0.39 is 21.2 Å². The standard InChI is InChI=1S/C9H18N2O3S/c1-7(2)15(13,14)11-9(12)8-5-3-4-6-10-8/h7-8,10H,3-6H2,1-2H3,(H,11,12)/t8-/m0/s1. The van der Waals surface area contributed by atoms with E-state index in [0.29, 0.717) is 6.42 Å². The summed E-state index contributed by atoms with van der Waals surface area (Å²) in [5, 5.41) is 2.43. The Morgan fingerprint density at radius 3 is 2.53 bits per heavy atom. The molecule has 1 atom stereocenters.